The Morgan fingerprint density at radius 2 is 2.15 bits per heavy atom. The summed E-state index contributed by atoms with van der Waals surface area (Å²) in [5.74, 6) is 0.821. The molecule has 0 atom stereocenters. The van der Waals surface area contributed by atoms with E-state index in [0.717, 1.165) is 36.4 Å². The zero-order valence-electron chi connectivity index (χ0n) is 12.1. The van der Waals surface area contributed by atoms with Crippen LogP contribution >= 0.6 is 0 Å². The summed E-state index contributed by atoms with van der Waals surface area (Å²) in [5.41, 5.74) is 2.12. The number of rotatable bonds is 6. The largest absolute Gasteiger partial charge is 0.497 e. The van der Waals surface area contributed by atoms with E-state index in [1.165, 1.54) is 0 Å². The van der Waals surface area contributed by atoms with Crippen molar-refractivity contribution in [2.24, 2.45) is 0 Å². The van der Waals surface area contributed by atoms with E-state index in [0.29, 0.717) is 13.2 Å². The van der Waals surface area contributed by atoms with Crippen molar-refractivity contribution in [3.05, 3.63) is 23.8 Å². The lowest BCUT2D eigenvalue weighted by Gasteiger charge is -2.29. The summed E-state index contributed by atoms with van der Waals surface area (Å²) in [5, 5.41) is 0. The van der Waals surface area contributed by atoms with Gasteiger partial charge in [0.05, 0.1) is 20.3 Å². The lowest BCUT2D eigenvalue weighted by atomic mass is 10.0. The van der Waals surface area contributed by atoms with Gasteiger partial charge in [-0.3, -0.25) is 4.79 Å². The highest BCUT2D eigenvalue weighted by molar-refractivity contribution is 5.95. The van der Waals surface area contributed by atoms with Gasteiger partial charge >= 0.3 is 0 Å². The number of carbonyl (C=O) groups excluding carboxylic acids is 1. The fourth-order valence-electron chi connectivity index (χ4n) is 2.34. The molecule has 0 bridgehead atoms. The van der Waals surface area contributed by atoms with Gasteiger partial charge in [0, 0.05) is 19.3 Å². The van der Waals surface area contributed by atoms with Crippen molar-refractivity contribution in [3.63, 3.8) is 0 Å². The lowest BCUT2D eigenvalue weighted by Crippen LogP contribution is -2.38. The zero-order valence-corrected chi connectivity index (χ0v) is 12.1. The molecule has 0 spiro atoms. The van der Waals surface area contributed by atoms with Crippen LogP contribution in [0.1, 0.15) is 12.0 Å². The Bertz CT molecular complexity index is 461. The monoisotopic (exact) mass is 279 g/mol. The van der Waals surface area contributed by atoms with E-state index in [4.69, 9.17) is 14.2 Å². The first-order valence-electron chi connectivity index (χ1n) is 6.80. The molecule has 5 nitrogen and oxygen atoms in total. The van der Waals surface area contributed by atoms with E-state index in [1.54, 1.807) is 19.1 Å². The van der Waals surface area contributed by atoms with Crippen LogP contribution in [0.4, 0.5) is 5.69 Å². The van der Waals surface area contributed by atoms with Crippen LogP contribution in [0.15, 0.2) is 18.2 Å². The summed E-state index contributed by atoms with van der Waals surface area (Å²) in [6.07, 6.45) is 1.94. The first kappa shape index (κ1) is 14.8. The van der Waals surface area contributed by atoms with Crippen LogP contribution in [0.2, 0.25) is 0 Å². The highest BCUT2D eigenvalue weighted by atomic mass is 16.5. The second-order valence-electron chi connectivity index (χ2n) is 4.69. The van der Waals surface area contributed by atoms with Crippen molar-refractivity contribution in [1.29, 1.82) is 0 Å². The number of carbonyl (C=O) groups is 1. The number of hydrogen-bond donors (Lipinski definition) is 0. The molecule has 0 saturated carbocycles. The molecule has 5 heteroatoms. The number of aryl methyl sites for hydroxylation is 1. The van der Waals surface area contributed by atoms with Gasteiger partial charge in [0.15, 0.2) is 0 Å². The minimum absolute atomic E-state index is 0.00720. The number of methoxy groups -OCH3 is 2. The Morgan fingerprint density at radius 1 is 1.30 bits per heavy atom. The van der Waals surface area contributed by atoms with E-state index in [1.807, 2.05) is 18.2 Å². The molecule has 1 aromatic rings. The first-order valence-corrected chi connectivity index (χ1v) is 6.80. The number of benzene rings is 1. The second-order valence-corrected chi connectivity index (χ2v) is 4.69. The van der Waals surface area contributed by atoms with Crippen LogP contribution in [-0.4, -0.2) is 46.5 Å². The van der Waals surface area contributed by atoms with Crippen molar-refractivity contribution in [3.8, 4) is 5.75 Å². The highest BCUT2D eigenvalue weighted by Gasteiger charge is 2.22. The summed E-state index contributed by atoms with van der Waals surface area (Å²) in [6, 6.07) is 5.83. The SMILES string of the molecule is COCCOCC(=O)N1CCCc2cc(OC)ccc21. The standard InChI is InChI=1S/C15H21NO4/c1-18-8-9-20-11-15(17)16-7-3-4-12-10-13(19-2)5-6-14(12)16/h5-6,10H,3-4,7-9,11H2,1-2H3. The number of ether oxygens (including phenoxy) is 3. The molecule has 0 radical (unpaired) electrons. The molecular formula is C15H21NO4. The maximum atomic E-state index is 12.2. The Morgan fingerprint density at radius 3 is 2.90 bits per heavy atom. The molecule has 1 aromatic carbocycles. The van der Waals surface area contributed by atoms with Crippen molar-refractivity contribution in [2.75, 3.05) is 45.5 Å². The van der Waals surface area contributed by atoms with Crippen LogP contribution in [0.3, 0.4) is 0 Å². The molecule has 1 aliphatic rings. The number of amides is 1. The van der Waals surface area contributed by atoms with Crippen molar-refractivity contribution >= 4 is 11.6 Å². The van der Waals surface area contributed by atoms with Crippen LogP contribution in [0.5, 0.6) is 5.75 Å². The van der Waals surface area contributed by atoms with Gasteiger partial charge in [0.1, 0.15) is 12.4 Å². The Hall–Kier alpha value is -1.59. The molecule has 0 unspecified atom stereocenters. The van der Waals surface area contributed by atoms with Crippen LogP contribution in [0.25, 0.3) is 0 Å². The summed E-state index contributed by atoms with van der Waals surface area (Å²) >= 11 is 0. The average Bonchev–Trinajstić information content (AvgIpc) is 2.50. The summed E-state index contributed by atoms with van der Waals surface area (Å²) in [6.45, 7) is 1.77. The van der Waals surface area contributed by atoms with Crippen LogP contribution < -0.4 is 9.64 Å². The smallest absolute Gasteiger partial charge is 0.252 e. The molecule has 20 heavy (non-hydrogen) atoms. The fourth-order valence-corrected chi connectivity index (χ4v) is 2.34. The van der Waals surface area contributed by atoms with Gasteiger partial charge in [-0.2, -0.15) is 0 Å². The minimum Gasteiger partial charge on any atom is -0.497 e. The quantitative estimate of drug-likeness (QED) is 0.743. The molecule has 0 saturated heterocycles. The number of fused-ring (bicyclic) bond motifs is 1. The molecular weight excluding hydrogens is 258 g/mol. The molecule has 0 fully saturated rings. The number of nitrogens with zero attached hydrogens (tertiary/aromatic N) is 1. The molecule has 0 aliphatic carbocycles. The van der Waals surface area contributed by atoms with E-state index in [2.05, 4.69) is 0 Å². The predicted octanol–water partition coefficient (Wildman–Crippen LogP) is 1.64. The van der Waals surface area contributed by atoms with Gasteiger partial charge in [0.25, 0.3) is 5.91 Å². The molecule has 2 rings (SSSR count). The van der Waals surface area contributed by atoms with E-state index in [-0.39, 0.29) is 12.5 Å². The second kappa shape index (κ2) is 7.26. The normalized spacial score (nSPS) is 14.0. The van der Waals surface area contributed by atoms with Crippen LogP contribution in [0, 0.1) is 0 Å². The third kappa shape index (κ3) is 3.49. The van der Waals surface area contributed by atoms with E-state index >= 15 is 0 Å². The molecule has 1 amide bonds. The highest BCUT2D eigenvalue weighted by Crippen LogP contribution is 2.30. The van der Waals surface area contributed by atoms with Gasteiger partial charge in [-0.25, -0.2) is 0 Å². The van der Waals surface area contributed by atoms with E-state index < -0.39 is 0 Å². The Balaban J connectivity index is 2.02. The molecule has 1 heterocycles. The molecule has 0 aromatic heterocycles. The van der Waals surface area contributed by atoms with Gasteiger partial charge in [-0.1, -0.05) is 0 Å². The Kier molecular flexibility index (Phi) is 5.38. The van der Waals surface area contributed by atoms with Gasteiger partial charge in [-0.15, -0.1) is 0 Å². The first-order chi connectivity index (χ1) is 9.76. The summed E-state index contributed by atoms with van der Waals surface area (Å²) < 4.78 is 15.4. The Labute approximate surface area is 119 Å². The van der Waals surface area contributed by atoms with Crippen molar-refractivity contribution < 1.29 is 19.0 Å². The third-order valence-corrected chi connectivity index (χ3v) is 3.36. The van der Waals surface area contributed by atoms with Crippen molar-refractivity contribution in [2.45, 2.75) is 12.8 Å². The molecule has 0 N–H and O–H groups in total. The van der Waals surface area contributed by atoms with Gasteiger partial charge < -0.3 is 19.1 Å². The lowest BCUT2D eigenvalue weighted by molar-refractivity contribution is -0.123. The topological polar surface area (TPSA) is 48.0 Å². The van der Waals surface area contributed by atoms with Crippen molar-refractivity contribution in [1.82, 2.24) is 0 Å². The molecule has 110 valence electrons. The van der Waals surface area contributed by atoms with Gasteiger partial charge in [0.2, 0.25) is 0 Å². The molecule has 1 aliphatic heterocycles. The summed E-state index contributed by atoms with van der Waals surface area (Å²) in [7, 11) is 3.26. The predicted molar refractivity (Wildman–Crippen MR) is 76.4 cm³/mol. The maximum absolute atomic E-state index is 12.2. The van der Waals surface area contributed by atoms with E-state index in [9.17, 15) is 4.79 Å². The van der Waals surface area contributed by atoms with Gasteiger partial charge in [-0.05, 0) is 36.6 Å². The summed E-state index contributed by atoms with van der Waals surface area (Å²) in [4.78, 5) is 14.0. The fraction of sp³-hybridized carbons (Fsp3) is 0.533. The maximum Gasteiger partial charge on any atom is 0.252 e. The average molecular weight is 279 g/mol. The third-order valence-electron chi connectivity index (χ3n) is 3.36. The number of anilines is 1. The zero-order chi connectivity index (χ0) is 14.4. The minimum atomic E-state index is -0.00720. The number of hydrogen-bond acceptors (Lipinski definition) is 4. The van der Waals surface area contributed by atoms with Crippen LogP contribution in [-0.2, 0) is 20.7 Å².